The smallest absolute Gasteiger partial charge is 0.255 e. The molecule has 1 aromatic heterocycles. The molecule has 0 aliphatic rings. The number of nitrogens with zero attached hydrogens (tertiary/aromatic N) is 2. The number of rotatable bonds is 5. The zero-order valence-corrected chi connectivity index (χ0v) is 12.0. The first-order valence-electron chi connectivity index (χ1n) is 6.98. The molecule has 2 aromatic rings. The lowest BCUT2D eigenvalue weighted by Crippen LogP contribution is -2.27. The molecule has 1 aromatic carbocycles. The Labute approximate surface area is 120 Å². The van der Waals surface area contributed by atoms with Crippen LogP contribution >= 0.6 is 0 Å². The van der Waals surface area contributed by atoms with Crippen molar-refractivity contribution in [2.24, 2.45) is 0 Å². The number of benzene rings is 1. The number of pyridine rings is 1. The van der Waals surface area contributed by atoms with E-state index in [1.54, 1.807) is 17.3 Å². The first-order valence-corrected chi connectivity index (χ1v) is 6.98. The van der Waals surface area contributed by atoms with Crippen LogP contribution in [0.25, 0.3) is 11.1 Å². The van der Waals surface area contributed by atoms with Crippen molar-refractivity contribution in [1.29, 1.82) is 0 Å². The van der Waals surface area contributed by atoms with Crippen LogP contribution in [0.2, 0.25) is 0 Å². The second-order valence-corrected chi connectivity index (χ2v) is 4.91. The van der Waals surface area contributed by atoms with Gasteiger partial charge in [0.25, 0.3) is 5.91 Å². The van der Waals surface area contributed by atoms with Crippen molar-refractivity contribution in [2.75, 3.05) is 13.6 Å². The van der Waals surface area contributed by atoms with Crippen molar-refractivity contribution >= 4 is 5.91 Å². The summed E-state index contributed by atoms with van der Waals surface area (Å²) in [5.74, 6) is 0.0312. The normalized spacial score (nSPS) is 10.3. The highest BCUT2D eigenvalue weighted by Gasteiger charge is 2.12. The van der Waals surface area contributed by atoms with Gasteiger partial charge in [-0.3, -0.25) is 9.78 Å². The number of carbonyl (C=O) groups is 1. The van der Waals surface area contributed by atoms with Crippen molar-refractivity contribution in [2.45, 2.75) is 19.8 Å². The number of hydrogen-bond acceptors (Lipinski definition) is 2. The Morgan fingerprint density at radius 3 is 2.60 bits per heavy atom. The molecule has 0 saturated carbocycles. The molecule has 0 unspecified atom stereocenters. The van der Waals surface area contributed by atoms with E-state index in [1.165, 1.54) is 0 Å². The fraction of sp³-hybridized carbons (Fsp3) is 0.294. The van der Waals surface area contributed by atoms with Crippen LogP contribution < -0.4 is 0 Å². The molecule has 0 N–H and O–H groups in total. The minimum atomic E-state index is 0.0312. The second-order valence-electron chi connectivity index (χ2n) is 4.91. The maximum atomic E-state index is 12.3. The highest BCUT2D eigenvalue weighted by atomic mass is 16.2. The fourth-order valence-corrected chi connectivity index (χ4v) is 2.06. The van der Waals surface area contributed by atoms with Gasteiger partial charge >= 0.3 is 0 Å². The minimum Gasteiger partial charge on any atom is -0.342 e. The molecule has 1 amide bonds. The molecule has 0 aliphatic carbocycles. The van der Waals surface area contributed by atoms with E-state index in [0.29, 0.717) is 5.56 Å². The van der Waals surface area contributed by atoms with Crippen LogP contribution in [-0.2, 0) is 0 Å². The van der Waals surface area contributed by atoms with Gasteiger partial charge in [-0.2, -0.15) is 0 Å². The van der Waals surface area contributed by atoms with Crippen LogP contribution in [0.1, 0.15) is 30.1 Å². The molecule has 2 rings (SSSR count). The van der Waals surface area contributed by atoms with Crippen molar-refractivity contribution < 1.29 is 4.79 Å². The van der Waals surface area contributed by atoms with Crippen LogP contribution in [0, 0.1) is 0 Å². The zero-order chi connectivity index (χ0) is 14.4. The number of hydrogen-bond donors (Lipinski definition) is 0. The largest absolute Gasteiger partial charge is 0.342 e. The van der Waals surface area contributed by atoms with E-state index in [2.05, 4.69) is 11.9 Å². The highest BCUT2D eigenvalue weighted by molar-refractivity contribution is 5.94. The standard InChI is InChI=1S/C17H20N2O/c1-3-4-10-19(2)17(20)16-11-15(12-18-13-16)14-8-6-5-7-9-14/h5-9,11-13H,3-4,10H2,1-2H3. The maximum Gasteiger partial charge on any atom is 0.255 e. The number of unbranched alkanes of at least 4 members (excludes halogenated alkanes) is 1. The molecule has 1 heterocycles. The predicted octanol–water partition coefficient (Wildman–Crippen LogP) is 3.62. The quantitative estimate of drug-likeness (QED) is 0.829. The third kappa shape index (κ3) is 3.44. The van der Waals surface area contributed by atoms with Crippen molar-refractivity contribution in [3.8, 4) is 11.1 Å². The predicted molar refractivity (Wildman–Crippen MR) is 81.5 cm³/mol. The molecule has 0 aliphatic heterocycles. The lowest BCUT2D eigenvalue weighted by atomic mass is 10.1. The van der Waals surface area contributed by atoms with E-state index in [-0.39, 0.29) is 5.91 Å². The van der Waals surface area contributed by atoms with Gasteiger partial charge in [0.1, 0.15) is 0 Å². The van der Waals surface area contributed by atoms with Crippen LogP contribution in [0.3, 0.4) is 0 Å². The van der Waals surface area contributed by atoms with Crippen LogP contribution in [0.4, 0.5) is 0 Å². The lowest BCUT2D eigenvalue weighted by molar-refractivity contribution is 0.0793. The molecule has 0 bridgehead atoms. The van der Waals surface area contributed by atoms with Gasteiger partial charge in [-0.1, -0.05) is 43.7 Å². The second kappa shape index (κ2) is 6.85. The van der Waals surface area contributed by atoms with Crippen molar-refractivity contribution in [3.63, 3.8) is 0 Å². The van der Waals surface area contributed by atoms with Crippen molar-refractivity contribution in [1.82, 2.24) is 9.88 Å². The van der Waals surface area contributed by atoms with E-state index >= 15 is 0 Å². The van der Waals surface area contributed by atoms with Crippen LogP contribution in [0.15, 0.2) is 48.8 Å². The van der Waals surface area contributed by atoms with Gasteiger partial charge in [-0.15, -0.1) is 0 Å². The summed E-state index contributed by atoms with van der Waals surface area (Å²) in [5, 5.41) is 0. The van der Waals surface area contributed by atoms with Crippen LogP contribution in [-0.4, -0.2) is 29.4 Å². The molecule has 0 spiro atoms. The van der Waals surface area contributed by atoms with Gasteiger partial charge in [-0.05, 0) is 18.1 Å². The van der Waals surface area contributed by atoms with Crippen molar-refractivity contribution in [3.05, 3.63) is 54.4 Å². The van der Waals surface area contributed by atoms with Gasteiger partial charge < -0.3 is 4.90 Å². The molecule has 0 saturated heterocycles. The average Bonchev–Trinajstić information content (AvgIpc) is 2.53. The Balaban J connectivity index is 2.20. The molecule has 104 valence electrons. The third-order valence-corrected chi connectivity index (χ3v) is 3.29. The van der Waals surface area contributed by atoms with E-state index in [0.717, 1.165) is 30.5 Å². The van der Waals surface area contributed by atoms with Gasteiger partial charge in [0.15, 0.2) is 0 Å². The Bertz CT molecular complexity index is 566. The lowest BCUT2D eigenvalue weighted by Gasteiger charge is -2.16. The molecule has 20 heavy (non-hydrogen) atoms. The highest BCUT2D eigenvalue weighted by Crippen LogP contribution is 2.19. The Morgan fingerprint density at radius 1 is 1.15 bits per heavy atom. The summed E-state index contributed by atoms with van der Waals surface area (Å²) < 4.78 is 0. The van der Waals surface area contributed by atoms with Gasteiger partial charge in [0, 0.05) is 31.5 Å². The van der Waals surface area contributed by atoms with E-state index in [9.17, 15) is 4.79 Å². The van der Waals surface area contributed by atoms with E-state index in [1.807, 2.05) is 43.4 Å². The van der Waals surface area contributed by atoms with Gasteiger partial charge in [-0.25, -0.2) is 0 Å². The summed E-state index contributed by atoms with van der Waals surface area (Å²) in [6.07, 6.45) is 5.53. The average molecular weight is 268 g/mol. The third-order valence-electron chi connectivity index (χ3n) is 3.29. The van der Waals surface area contributed by atoms with E-state index < -0.39 is 0 Å². The first-order chi connectivity index (χ1) is 9.72. The summed E-state index contributed by atoms with van der Waals surface area (Å²) in [7, 11) is 1.84. The maximum absolute atomic E-state index is 12.3. The van der Waals surface area contributed by atoms with E-state index in [4.69, 9.17) is 0 Å². The summed E-state index contributed by atoms with van der Waals surface area (Å²) in [5.41, 5.74) is 2.69. The Morgan fingerprint density at radius 2 is 1.90 bits per heavy atom. The summed E-state index contributed by atoms with van der Waals surface area (Å²) in [4.78, 5) is 18.3. The monoisotopic (exact) mass is 268 g/mol. The number of amides is 1. The van der Waals surface area contributed by atoms with Gasteiger partial charge in [0.05, 0.1) is 5.56 Å². The molecule has 0 atom stereocenters. The first kappa shape index (κ1) is 14.3. The summed E-state index contributed by atoms with van der Waals surface area (Å²) in [6, 6.07) is 11.9. The summed E-state index contributed by atoms with van der Waals surface area (Å²) in [6.45, 7) is 2.90. The number of aromatic nitrogens is 1. The summed E-state index contributed by atoms with van der Waals surface area (Å²) >= 11 is 0. The Hall–Kier alpha value is -2.16. The topological polar surface area (TPSA) is 33.2 Å². The molecule has 0 radical (unpaired) electrons. The molecular formula is C17H20N2O. The molecule has 3 heteroatoms. The van der Waals surface area contributed by atoms with Crippen LogP contribution in [0.5, 0.6) is 0 Å². The molecule has 3 nitrogen and oxygen atoms in total. The Kier molecular flexibility index (Phi) is 4.88. The van der Waals surface area contributed by atoms with Gasteiger partial charge in [0.2, 0.25) is 0 Å². The zero-order valence-electron chi connectivity index (χ0n) is 12.0. The SMILES string of the molecule is CCCCN(C)C(=O)c1cncc(-c2ccccc2)c1. The molecular weight excluding hydrogens is 248 g/mol. The molecule has 0 fully saturated rings. The fourth-order valence-electron chi connectivity index (χ4n) is 2.06. The number of carbonyl (C=O) groups excluding carboxylic acids is 1. The minimum absolute atomic E-state index is 0.0312.